The number of carbonyl (C=O) groups is 1. The van der Waals surface area contributed by atoms with Gasteiger partial charge < -0.3 is 9.47 Å². The van der Waals surface area contributed by atoms with Gasteiger partial charge in [-0.05, 0) is 17.7 Å². The first-order valence-corrected chi connectivity index (χ1v) is 5.97. The number of benzene rings is 1. The van der Waals surface area contributed by atoms with Crippen molar-refractivity contribution < 1.29 is 14.3 Å². The Bertz CT molecular complexity index is 364. The van der Waals surface area contributed by atoms with Gasteiger partial charge in [-0.25, -0.2) is 4.79 Å². The second-order valence-electron chi connectivity index (χ2n) is 2.75. The number of methoxy groups -OCH3 is 2. The summed E-state index contributed by atoms with van der Waals surface area (Å²) in [6, 6.07) is 5.28. The van der Waals surface area contributed by atoms with Crippen LogP contribution in [0.5, 0.6) is 5.75 Å². The lowest BCUT2D eigenvalue weighted by atomic mass is 10.1. The number of rotatable bonds is 3. The van der Waals surface area contributed by atoms with E-state index in [4.69, 9.17) is 4.74 Å². The summed E-state index contributed by atoms with van der Waals surface area (Å²) in [5.74, 6) is 0.0994. The van der Waals surface area contributed by atoms with Crippen molar-refractivity contribution in [3.05, 3.63) is 29.3 Å². The van der Waals surface area contributed by atoms with Gasteiger partial charge in [-0.2, -0.15) is 0 Å². The Kier molecular flexibility index (Phi) is 4.60. The van der Waals surface area contributed by atoms with E-state index in [-0.39, 0.29) is 3.74 Å². The third kappa shape index (κ3) is 2.95. The van der Waals surface area contributed by atoms with Crippen molar-refractivity contribution in [3.8, 4) is 5.75 Å². The topological polar surface area (TPSA) is 35.5 Å². The lowest BCUT2D eigenvalue weighted by Crippen LogP contribution is -2.04. The van der Waals surface area contributed by atoms with Gasteiger partial charge in [0.1, 0.15) is 11.3 Å². The lowest BCUT2D eigenvalue weighted by molar-refractivity contribution is 0.0597. The molecule has 0 radical (unpaired) electrons. The number of hydrogen-bond donors (Lipinski definition) is 0. The Hall–Kier alpha value is -0.550. The van der Waals surface area contributed by atoms with Crippen molar-refractivity contribution in [1.82, 2.24) is 0 Å². The van der Waals surface area contributed by atoms with Gasteiger partial charge in [-0.15, -0.1) is 0 Å². The van der Waals surface area contributed by atoms with E-state index < -0.39 is 5.97 Å². The highest BCUT2D eigenvalue weighted by atomic mass is 79.9. The van der Waals surface area contributed by atoms with Crippen LogP contribution >= 0.6 is 31.9 Å². The molecule has 0 saturated heterocycles. The van der Waals surface area contributed by atoms with E-state index in [1.54, 1.807) is 12.1 Å². The molecule has 0 bridgehead atoms. The minimum Gasteiger partial charge on any atom is -0.496 e. The third-order valence-corrected chi connectivity index (χ3v) is 2.94. The first-order chi connectivity index (χ1) is 7.10. The van der Waals surface area contributed by atoms with Crippen molar-refractivity contribution in [2.75, 3.05) is 14.2 Å². The summed E-state index contributed by atoms with van der Waals surface area (Å²) < 4.78 is 9.79. The van der Waals surface area contributed by atoms with Crippen LogP contribution in [0.25, 0.3) is 0 Å². The molecule has 0 spiro atoms. The Morgan fingerprint density at radius 2 is 2.00 bits per heavy atom. The van der Waals surface area contributed by atoms with E-state index >= 15 is 0 Å². The van der Waals surface area contributed by atoms with E-state index in [2.05, 4.69) is 36.6 Å². The van der Waals surface area contributed by atoms with Crippen LogP contribution < -0.4 is 4.74 Å². The summed E-state index contributed by atoms with van der Waals surface area (Å²) in [4.78, 5) is 11.3. The average molecular weight is 338 g/mol. The molecule has 0 aliphatic rings. The lowest BCUT2D eigenvalue weighted by Gasteiger charge is -2.09. The fraction of sp³-hybridized carbons (Fsp3) is 0.300. The largest absolute Gasteiger partial charge is 0.496 e. The van der Waals surface area contributed by atoms with Crippen LogP contribution in [0.4, 0.5) is 0 Å². The second-order valence-corrected chi connectivity index (χ2v) is 5.81. The maximum absolute atomic E-state index is 11.3. The molecule has 0 fully saturated rings. The minimum atomic E-state index is -0.404. The summed E-state index contributed by atoms with van der Waals surface area (Å²) in [7, 11) is 2.86. The van der Waals surface area contributed by atoms with Gasteiger partial charge >= 0.3 is 5.97 Å². The standard InChI is InChI=1S/C10H10Br2O3/c1-14-8-5-6(9(11)12)3-4-7(8)10(13)15-2/h3-5,9H,1-2H3. The van der Waals surface area contributed by atoms with Crippen molar-refractivity contribution >= 4 is 37.8 Å². The molecule has 1 aromatic carbocycles. The Labute approximate surface area is 105 Å². The van der Waals surface area contributed by atoms with Crippen molar-refractivity contribution in [3.63, 3.8) is 0 Å². The molecular formula is C10H10Br2O3. The highest BCUT2D eigenvalue weighted by molar-refractivity contribution is 9.24. The molecule has 15 heavy (non-hydrogen) atoms. The first-order valence-electron chi connectivity index (χ1n) is 4.14. The van der Waals surface area contributed by atoms with E-state index in [1.807, 2.05) is 6.07 Å². The van der Waals surface area contributed by atoms with E-state index in [0.717, 1.165) is 5.56 Å². The van der Waals surface area contributed by atoms with E-state index in [9.17, 15) is 4.79 Å². The van der Waals surface area contributed by atoms with Crippen LogP contribution in [-0.4, -0.2) is 20.2 Å². The average Bonchev–Trinajstić information content (AvgIpc) is 2.27. The Morgan fingerprint density at radius 1 is 1.33 bits per heavy atom. The van der Waals surface area contributed by atoms with Crippen molar-refractivity contribution in [2.24, 2.45) is 0 Å². The molecule has 0 aliphatic heterocycles. The van der Waals surface area contributed by atoms with Crippen LogP contribution in [0, 0.1) is 0 Å². The third-order valence-electron chi connectivity index (χ3n) is 1.88. The number of ether oxygens (including phenoxy) is 2. The molecule has 1 rings (SSSR count). The van der Waals surface area contributed by atoms with Gasteiger partial charge in [-0.1, -0.05) is 37.9 Å². The van der Waals surface area contributed by atoms with Crippen LogP contribution in [0.2, 0.25) is 0 Å². The highest BCUT2D eigenvalue weighted by Crippen LogP contribution is 2.32. The molecule has 1 aromatic rings. The Balaban J connectivity index is 3.15. The maximum Gasteiger partial charge on any atom is 0.341 e. The molecule has 3 nitrogen and oxygen atoms in total. The zero-order valence-electron chi connectivity index (χ0n) is 8.29. The number of alkyl halides is 2. The van der Waals surface area contributed by atoms with Gasteiger partial charge in [0, 0.05) is 0 Å². The molecule has 0 unspecified atom stereocenters. The van der Waals surface area contributed by atoms with Gasteiger partial charge in [0.2, 0.25) is 0 Å². The predicted octanol–water partition coefficient (Wildman–Crippen LogP) is 3.27. The highest BCUT2D eigenvalue weighted by Gasteiger charge is 2.14. The zero-order chi connectivity index (χ0) is 11.4. The fourth-order valence-electron chi connectivity index (χ4n) is 1.12. The number of esters is 1. The number of halogens is 2. The second kappa shape index (κ2) is 5.51. The molecule has 0 aliphatic carbocycles. The molecule has 5 heteroatoms. The summed E-state index contributed by atoms with van der Waals surface area (Å²) in [5, 5.41) is 0. The van der Waals surface area contributed by atoms with Crippen LogP contribution in [0.3, 0.4) is 0 Å². The van der Waals surface area contributed by atoms with Crippen LogP contribution in [0.15, 0.2) is 18.2 Å². The summed E-state index contributed by atoms with van der Waals surface area (Å²) in [6.45, 7) is 0. The smallest absolute Gasteiger partial charge is 0.341 e. The Morgan fingerprint density at radius 3 is 2.47 bits per heavy atom. The molecule has 0 amide bonds. The van der Waals surface area contributed by atoms with Crippen molar-refractivity contribution in [2.45, 2.75) is 3.74 Å². The first kappa shape index (κ1) is 12.5. The molecule has 0 aromatic heterocycles. The van der Waals surface area contributed by atoms with E-state index in [1.165, 1.54) is 14.2 Å². The molecule has 0 atom stereocenters. The zero-order valence-corrected chi connectivity index (χ0v) is 11.5. The minimum absolute atomic E-state index is 0.0330. The van der Waals surface area contributed by atoms with Gasteiger partial charge in [0.25, 0.3) is 0 Å². The van der Waals surface area contributed by atoms with Gasteiger partial charge in [0.15, 0.2) is 0 Å². The number of hydrogen-bond acceptors (Lipinski definition) is 3. The normalized spacial score (nSPS) is 10.2. The SMILES string of the molecule is COC(=O)c1ccc(C(Br)Br)cc1OC. The van der Waals surface area contributed by atoms with Crippen LogP contribution in [0.1, 0.15) is 19.7 Å². The summed E-state index contributed by atoms with van der Waals surface area (Å²) in [6.07, 6.45) is 0. The van der Waals surface area contributed by atoms with Gasteiger partial charge in [-0.3, -0.25) is 0 Å². The molecule has 82 valence electrons. The van der Waals surface area contributed by atoms with E-state index in [0.29, 0.717) is 11.3 Å². The molecular weight excluding hydrogens is 328 g/mol. The quantitative estimate of drug-likeness (QED) is 0.627. The fourth-order valence-corrected chi connectivity index (χ4v) is 1.69. The van der Waals surface area contributed by atoms with Crippen molar-refractivity contribution in [1.29, 1.82) is 0 Å². The van der Waals surface area contributed by atoms with Gasteiger partial charge in [0.05, 0.1) is 18.0 Å². The van der Waals surface area contributed by atoms with Crippen LogP contribution in [-0.2, 0) is 4.74 Å². The number of carbonyl (C=O) groups excluding carboxylic acids is 1. The molecule has 0 N–H and O–H groups in total. The molecule has 0 heterocycles. The predicted molar refractivity (Wildman–Crippen MR) is 64.9 cm³/mol. The molecule has 0 saturated carbocycles. The maximum atomic E-state index is 11.3. The monoisotopic (exact) mass is 336 g/mol. The summed E-state index contributed by atoms with van der Waals surface area (Å²) in [5.41, 5.74) is 1.39. The summed E-state index contributed by atoms with van der Waals surface area (Å²) >= 11 is 6.74.